The molecule has 3 nitrogen and oxygen atoms in total. The normalized spacial score (nSPS) is 9.33. The Balaban J connectivity index is 2.46. The molecule has 0 fully saturated rings. The summed E-state index contributed by atoms with van der Waals surface area (Å²) in [5.74, 6) is 0.705. The predicted molar refractivity (Wildman–Crippen MR) is 49.0 cm³/mol. The van der Waals surface area contributed by atoms with Crippen molar-refractivity contribution in [2.75, 3.05) is 12.3 Å². The summed E-state index contributed by atoms with van der Waals surface area (Å²) in [7, 11) is 0. The van der Waals surface area contributed by atoms with Crippen LogP contribution in [0.3, 0.4) is 0 Å². The molecule has 1 aromatic rings. The van der Waals surface area contributed by atoms with Crippen LogP contribution in [0.4, 0.5) is 5.69 Å². The molecule has 0 bridgehead atoms. The number of anilines is 1. The molecule has 0 aromatic carbocycles. The van der Waals surface area contributed by atoms with Crippen molar-refractivity contribution >= 4 is 5.69 Å². The van der Waals surface area contributed by atoms with E-state index in [1.54, 1.807) is 24.5 Å². The highest BCUT2D eigenvalue weighted by Gasteiger charge is 1.92. The molecule has 64 valence electrons. The molecule has 1 rings (SSSR count). The SMILES string of the molecule is C=CCCOc1cncc(N)c1. The summed E-state index contributed by atoms with van der Waals surface area (Å²) in [5.41, 5.74) is 6.12. The molecule has 1 aromatic heterocycles. The number of ether oxygens (including phenoxy) is 1. The van der Waals surface area contributed by atoms with Gasteiger partial charge in [-0.1, -0.05) is 6.08 Å². The van der Waals surface area contributed by atoms with Gasteiger partial charge >= 0.3 is 0 Å². The Morgan fingerprint density at radius 3 is 3.08 bits per heavy atom. The zero-order valence-corrected chi connectivity index (χ0v) is 6.86. The highest BCUT2D eigenvalue weighted by molar-refractivity contribution is 5.39. The van der Waals surface area contributed by atoms with Crippen LogP contribution in [0.15, 0.2) is 31.1 Å². The van der Waals surface area contributed by atoms with Crippen LogP contribution in [-0.4, -0.2) is 11.6 Å². The molecule has 0 saturated carbocycles. The molecule has 0 unspecified atom stereocenters. The second-order valence-corrected chi connectivity index (χ2v) is 2.38. The summed E-state index contributed by atoms with van der Waals surface area (Å²) in [4.78, 5) is 3.89. The van der Waals surface area contributed by atoms with E-state index in [0.29, 0.717) is 18.0 Å². The van der Waals surface area contributed by atoms with Gasteiger partial charge in [0.15, 0.2) is 0 Å². The largest absolute Gasteiger partial charge is 0.492 e. The van der Waals surface area contributed by atoms with Gasteiger partial charge in [0, 0.05) is 6.07 Å². The first-order valence-electron chi connectivity index (χ1n) is 3.77. The van der Waals surface area contributed by atoms with Crippen LogP contribution in [0.25, 0.3) is 0 Å². The van der Waals surface area contributed by atoms with E-state index in [-0.39, 0.29) is 0 Å². The average Bonchev–Trinajstić information content (AvgIpc) is 2.05. The highest BCUT2D eigenvalue weighted by atomic mass is 16.5. The van der Waals surface area contributed by atoms with E-state index in [9.17, 15) is 0 Å². The fourth-order valence-corrected chi connectivity index (χ4v) is 0.775. The Morgan fingerprint density at radius 1 is 1.58 bits per heavy atom. The van der Waals surface area contributed by atoms with Crippen molar-refractivity contribution in [3.8, 4) is 5.75 Å². The lowest BCUT2D eigenvalue weighted by Gasteiger charge is -2.03. The number of hydrogen-bond donors (Lipinski definition) is 1. The van der Waals surface area contributed by atoms with Crippen LogP contribution in [0, 0.1) is 0 Å². The van der Waals surface area contributed by atoms with Gasteiger partial charge in [-0.3, -0.25) is 4.98 Å². The number of nitrogens with zero attached hydrogens (tertiary/aromatic N) is 1. The van der Waals surface area contributed by atoms with Gasteiger partial charge < -0.3 is 10.5 Å². The maximum absolute atomic E-state index is 5.50. The molecule has 0 spiro atoms. The van der Waals surface area contributed by atoms with Crippen LogP contribution >= 0.6 is 0 Å². The minimum Gasteiger partial charge on any atom is -0.492 e. The van der Waals surface area contributed by atoms with Gasteiger partial charge in [-0.25, -0.2) is 0 Å². The van der Waals surface area contributed by atoms with Gasteiger partial charge in [-0.15, -0.1) is 6.58 Å². The van der Waals surface area contributed by atoms with Crippen LogP contribution in [0.1, 0.15) is 6.42 Å². The van der Waals surface area contributed by atoms with Crippen molar-refractivity contribution in [1.29, 1.82) is 0 Å². The minimum atomic E-state index is 0.617. The molecule has 0 aliphatic carbocycles. The van der Waals surface area contributed by atoms with Crippen molar-refractivity contribution in [3.05, 3.63) is 31.1 Å². The Morgan fingerprint density at radius 2 is 2.42 bits per heavy atom. The van der Waals surface area contributed by atoms with E-state index in [1.165, 1.54) is 0 Å². The summed E-state index contributed by atoms with van der Waals surface area (Å²) in [6.07, 6.45) is 5.86. The lowest BCUT2D eigenvalue weighted by molar-refractivity contribution is 0.324. The van der Waals surface area contributed by atoms with E-state index in [2.05, 4.69) is 11.6 Å². The lowest BCUT2D eigenvalue weighted by atomic mass is 10.4. The molecule has 1 heterocycles. The molecule has 0 amide bonds. The number of nitrogens with two attached hydrogens (primary N) is 1. The van der Waals surface area contributed by atoms with Gasteiger partial charge in [0.25, 0.3) is 0 Å². The Labute approximate surface area is 71.9 Å². The van der Waals surface area contributed by atoms with Gasteiger partial charge in [-0.05, 0) is 6.42 Å². The van der Waals surface area contributed by atoms with Crippen LogP contribution < -0.4 is 10.5 Å². The minimum absolute atomic E-state index is 0.617. The first kappa shape index (κ1) is 8.59. The quantitative estimate of drug-likeness (QED) is 0.543. The fraction of sp³-hybridized carbons (Fsp3) is 0.222. The van der Waals surface area contributed by atoms with Crippen LogP contribution in [-0.2, 0) is 0 Å². The summed E-state index contributed by atoms with van der Waals surface area (Å²) in [6.45, 7) is 4.21. The Hall–Kier alpha value is -1.51. The monoisotopic (exact) mass is 164 g/mol. The molecule has 0 aliphatic rings. The van der Waals surface area contributed by atoms with Gasteiger partial charge in [-0.2, -0.15) is 0 Å². The van der Waals surface area contributed by atoms with Crippen molar-refractivity contribution < 1.29 is 4.74 Å². The average molecular weight is 164 g/mol. The number of aromatic nitrogens is 1. The molecular formula is C9H12N2O. The van der Waals surface area contributed by atoms with E-state index >= 15 is 0 Å². The van der Waals surface area contributed by atoms with Crippen molar-refractivity contribution in [3.63, 3.8) is 0 Å². The molecule has 0 atom stereocenters. The number of pyridine rings is 1. The van der Waals surface area contributed by atoms with Gasteiger partial charge in [0.1, 0.15) is 5.75 Å². The van der Waals surface area contributed by atoms with Crippen molar-refractivity contribution in [1.82, 2.24) is 4.98 Å². The first-order chi connectivity index (χ1) is 5.83. The second-order valence-electron chi connectivity index (χ2n) is 2.38. The zero-order chi connectivity index (χ0) is 8.81. The number of nitrogen functional groups attached to an aromatic ring is 1. The van der Waals surface area contributed by atoms with E-state index in [0.717, 1.165) is 6.42 Å². The molecule has 0 saturated heterocycles. The Kier molecular flexibility index (Phi) is 3.14. The number of hydrogen-bond acceptors (Lipinski definition) is 3. The topological polar surface area (TPSA) is 48.1 Å². The van der Waals surface area contributed by atoms with Crippen molar-refractivity contribution in [2.45, 2.75) is 6.42 Å². The van der Waals surface area contributed by atoms with Gasteiger partial charge in [0.05, 0.1) is 24.7 Å². The van der Waals surface area contributed by atoms with E-state index in [1.807, 2.05) is 0 Å². The summed E-state index contributed by atoms with van der Waals surface area (Å²) < 4.78 is 5.31. The zero-order valence-electron chi connectivity index (χ0n) is 6.86. The van der Waals surface area contributed by atoms with Crippen LogP contribution in [0.5, 0.6) is 5.75 Å². The predicted octanol–water partition coefficient (Wildman–Crippen LogP) is 1.62. The van der Waals surface area contributed by atoms with E-state index in [4.69, 9.17) is 10.5 Å². The summed E-state index contributed by atoms with van der Waals surface area (Å²) in [5, 5.41) is 0. The third-order valence-corrected chi connectivity index (χ3v) is 1.33. The maximum Gasteiger partial charge on any atom is 0.139 e. The number of rotatable bonds is 4. The second kappa shape index (κ2) is 4.38. The van der Waals surface area contributed by atoms with Crippen molar-refractivity contribution in [2.24, 2.45) is 0 Å². The highest BCUT2D eigenvalue weighted by Crippen LogP contribution is 2.11. The molecule has 2 N–H and O–H groups in total. The molecular weight excluding hydrogens is 152 g/mol. The summed E-state index contributed by atoms with van der Waals surface area (Å²) in [6, 6.07) is 1.75. The first-order valence-corrected chi connectivity index (χ1v) is 3.77. The third-order valence-electron chi connectivity index (χ3n) is 1.33. The smallest absolute Gasteiger partial charge is 0.139 e. The maximum atomic E-state index is 5.50. The Bertz CT molecular complexity index is 260. The summed E-state index contributed by atoms with van der Waals surface area (Å²) >= 11 is 0. The van der Waals surface area contributed by atoms with E-state index < -0.39 is 0 Å². The lowest BCUT2D eigenvalue weighted by Crippen LogP contribution is -1.96. The van der Waals surface area contributed by atoms with Crippen LogP contribution in [0.2, 0.25) is 0 Å². The fourth-order valence-electron chi connectivity index (χ4n) is 0.775. The molecule has 0 radical (unpaired) electrons. The van der Waals surface area contributed by atoms with Gasteiger partial charge in [0.2, 0.25) is 0 Å². The molecule has 3 heteroatoms. The third kappa shape index (κ3) is 2.62. The molecule has 12 heavy (non-hydrogen) atoms. The molecule has 0 aliphatic heterocycles. The standard InChI is InChI=1S/C9H12N2O/c1-2-3-4-12-9-5-8(10)6-11-7-9/h2,5-7H,1,3-4,10H2.